The van der Waals surface area contributed by atoms with E-state index >= 15 is 0 Å². The molecule has 0 aromatic heterocycles. The summed E-state index contributed by atoms with van der Waals surface area (Å²) in [5.74, 6) is -0.850. The monoisotopic (exact) mass is 866 g/mol. The summed E-state index contributed by atoms with van der Waals surface area (Å²) in [6, 6.07) is 0. The van der Waals surface area contributed by atoms with Crippen molar-refractivity contribution in [2.75, 3.05) is 47.5 Å². The van der Waals surface area contributed by atoms with E-state index in [0.717, 1.165) is 70.6 Å². The highest BCUT2D eigenvalue weighted by molar-refractivity contribution is 7.45. The smallest absolute Gasteiger partial charge is 0.306 e. The maximum absolute atomic E-state index is 12.7. The van der Waals surface area contributed by atoms with Crippen LogP contribution in [0.15, 0.2) is 48.6 Å². The molecule has 0 aliphatic carbocycles. The number of hydrogen-bond donors (Lipinski definition) is 0. The van der Waals surface area contributed by atoms with E-state index in [9.17, 15) is 19.0 Å². The normalized spacial score (nSPS) is 13.9. The van der Waals surface area contributed by atoms with Crippen LogP contribution < -0.4 is 4.89 Å². The molecular formula is C50H92NO8P. The van der Waals surface area contributed by atoms with Crippen molar-refractivity contribution in [3.63, 3.8) is 0 Å². The van der Waals surface area contributed by atoms with E-state index in [0.29, 0.717) is 17.4 Å². The second kappa shape index (κ2) is 42.3. The average molecular weight is 866 g/mol. The third-order valence-corrected chi connectivity index (χ3v) is 11.3. The van der Waals surface area contributed by atoms with Crippen LogP contribution in [0.25, 0.3) is 0 Å². The van der Waals surface area contributed by atoms with Crippen molar-refractivity contribution in [3.8, 4) is 0 Å². The van der Waals surface area contributed by atoms with Crippen LogP contribution in [0, 0.1) is 0 Å². The molecule has 0 amide bonds. The minimum atomic E-state index is -4.63. The number of esters is 2. The van der Waals surface area contributed by atoms with Gasteiger partial charge in [-0.25, -0.2) is 0 Å². The molecule has 0 radical (unpaired) electrons. The van der Waals surface area contributed by atoms with Crippen LogP contribution in [0.2, 0.25) is 0 Å². The van der Waals surface area contributed by atoms with E-state index in [-0.39, 0.29) is 26.1 Å². The maximum Gasteiger partial charge on any atom is 0.306 e. The second-order valence-corrected chi connectivity index (χ2v) is 18.9. The van der Waals surface area contributed by atoms with Gasteiger partial charge in [0.05, 0.1) is 27.7 Å². The van der Waals surface area contributed by atoms with Gasteiger partial charge in [-0.3, -0.25) is 14.2 Å². The van der Waals surface area contributed by atoms with Gasteiger partial charge in [0.2, 0.25) is 0 Å². The van der Waals surface area contributed by atoms with Crippen LogP contribution in [0.4, 0.5) is 0 Å². The third-order valence-electron chi connectivity index (χ3n) is 10.3. The molecule has 0 N–H and O–H groups in total. The molecule has 0 saturated heterocycles. The van der Waals surface area contributed by atoms with Crippen molar-refractivity contribution in [2.24, 2.45) is 0 Å². The minimum absolute atomic E-state index is 0.0350. The van der Waals surface area contributed by atoms with Crippen LogP contribution in [-0.2, 0) is 32.7 Å². The second-order valence-electron chi connectivity index (χ2n) is 17.5. The highest BCUT2D eigenvalue weighted by atomic mass is 31.2. The topological polar surface area (TPSA) is 111 Å². The number of hydrogen-bond acceptors (Lipinski definition) is 8. The zero-order chi connectivity index (χ0) is 44.3. The number of carbonyl (C=O) groups is 2. The predicted octanol–water partition coefficient (Wildman–Crippen LogP) is 13.6. The summed E-state index contributed by atoms with van der Waals surface area (Å²) in [7, 11) is 1.15. The van der Waals surface area contributed by atoms with Crippen molar-refractivity contribution in [3.05, 3.63) is 48.6 Å². The number of likely N-dealkylation sites (N-methyl/N-ethyl adjacent to an activating group) is 1. The standard InChI is InChI=1S/C50H92NO8P/c1-6-8-10-12-14-16-18-20-22-24-26-28-30-32-34-36-38-40-42-49(52)56-46-48(47-58-60(54,55)57-45-44-51(3,4)5)59-50(53)43-41-39-37-35-33-31-29-27-25-23-21-19-17-15-13-11-9-7-2/h16-19,22-25,48H,6-15,20-21,26-47H2,1-5H3/b18-16-,19-17-,24-22-,25-23-. The summed E-state index contributed by atoms with van der Waals surface area (Å²) in [6.45, 7) is 4.19. The van der Waals surface area contributed by atoms with Gasteiger partial charge in [-0.2, -0.15) is 0 Å². The number of ether oxygens (including phenoxy) is 2. The molecule has 10 heteroatoms. The Morgan fingerprint density at radius 3 is 1.32 bits per heavy atom. The van der Waals surface area contributed by atoms with Gasteiger partial charge in [0.1, 0.15) is 19.8 Å². The van der Waals surface area contributed by atoms with Crippen LogP contribution in [0.5, 0.6) is 0 Å². The highest BCUT2D eigenvalue weighted by Crippen LogP contribution is 2.38. The number of quaternary nitrogens is 1. The summed E-state index contributed by atoms with van der Waals surface area (Å²) in [5, 5.41) is 0. The van der Waals surface area contributed by atoms with Crippen molar-refractivity contribution in [1.82, 2.24) is 0 Å². The van der Waals surface area contributed by atoms with E-state index in [2.05, 4.69) is 62.5 Å². The van der Waals surface area contributed by atoms with Gasteiger partial charge in [-0.1, -0.05) is 165 Å². The summed E-state index contributed by atoms with van der Waals surface area (Å²) in [5.41, 5.74) is 0. The average Bonchev–Trinajstić information content (AvgIpc) is 3.20. The summed E-state index contributed by atoms with van der Waals surface area (Å²) >= 11 is 0. The summed E-state index contributed by atoms with van der Waals surface area (Å²) in [6.07, 6.45) is 49.8. The van der Waals surface area contributed by atoms with E-state index in [4.69, 9.17) is 18.5 Å². The number of phosphoric ester groups is 1. The molecule has 0 fully saturated rings. The third kappa shape index (κ3) is 45.5. The van der Waals surface area contributed by atoms with Gasteiger partial charge >= 0.3 is 11.9 Å². The summed E-state index contributed by atoms with van der Waals surface area (Å²) in [4.78, 5) is 37.7. The molecule has 350 valence electrons. The van der Waals surface area contributed by atoms with Crippen molar-refractivity contribution < 1.29 is 42.1 Å². The Hall–Kier alpha value is -2.03. The van der Waals surface area contributed by atoms with Crippen molar-refractivity contribution in [2.45, 2.75) is 213 Å². The van der Waals surface area contributed by atoms with E-state index in [1.54, 1.807) is 0 Å². The van der Waals surface area contributed by atoms with E-state index in [1.807, 2.05) is 21.1 Å². The lowest BCUT2D eigenvalue weighted by Crippen LogP contribution is -2.37. The van der Waals surface area contributed by atoms with Gasteiger partial charge in [0, 0.05) is 12.8 Å². The first-order valence-corrected chi connectivity index (χ1v) is 25.8. The summed E-state index contributed by atoms with van der Waals surface area (Å²) < 4.78 is 34.0. The molecule has 0 spiro atoms. The first-order chi connectivity index (χ1) is 29.0. The number of carbonyl (C=O) groups excluding carboxylic acids is 2. The molecule has 9 nitrogen and oxygen atoms in total. The lowest BCUT2D eigenvalue weighted by atomic mass is 10.1. The number of allylic oxidation sites excluding steroid dienone is 8. The molecule has 0 bridgehead atoms. The zero-order valence-electron chi connectivity index (χ0n) is 39.4. The Bertz CT molecular complexity index is 1160. The van der Waals surface area contributed by atoms with Crippen LogP contribution >= 0.6 is 7.82 Å². The molecule has 0 aromatic rings. The predicted molar refractivity (Wildman–Crippen MR) is 250 cm³/mol. The zero-order valence-corrected chi connectivity index (χ0v) is 40.3. The van der Waals surface area contributed by atoms with Gasteiger partial charge in [-0.15, -0.1) is 0 Å². The molecule has 60 heavy (non-hydrogen) atoms. The van der Waals surface area contributed by atoms with E-state index in [1.165, 1.54) is 103 Å². The molecule has 2 unspecified atom stereocenters. The molecular weight excluding hydrogens is 774 g/mol. The number of nitrogens with zero attached hydrogens (tertiary/aromatic N) is 1. The Kier molecular flexibility index (Phi) is 40.8. The Labute approximate surface area is 369 Å². The number of unbranched alkanes of at least 4 members (excludes halogenated alkanes) is 22. The van der Waals surface area contributed by atoms with Crippen molar-refractivity contribution in [1.29, 1.82) is 0 Å². The quantitative estimate of drug-likeness (QED) is 0.0196. The Balaban J connectivity index is 4.33. The highest BCUT2D eigenvalue weighted by Gasteiger charge is 2.21. The lowest BCUT2D eigenvalue weighted by molar-refractivity contribution is -0.870. The van der Waals surface area contributed by atoms with Gasteiger partial charge in [0.15, 0.2) is 6.10 Å². The largest absolute Gasteiger partial charge is 0.756 e. The SMILES string of the molecule is CCCCCC/C=C\C/C=C\CCCCCCCCCC(=O)OCC(COP(=O)([O-])OCC[N+](C)(C)C)OC(=O)CCCCCCCCC/C=C\C/C=C\CCCCCC. The first kappa shape index (κ1) is 58.0. The maximum atomic E-state index is 12.7. The fourth-order valence-corrected chi connectivity index (χ4v) is 7.21. The van der Waals surface area contributed by atoms with Crippen LogP contribution in [0.1, 0.15) is 206 Å². The Morgan fingerprint density at radius 1 is 0.517 bits per heavy atom. The Morgan fingerprint density at radius 2 is 0.900 bits per heavy atom. The van der Waals surface area contributed by atoms with Gasteiger partial charge in [-0.05, 0) is 77.0 Å². The minimum Gasteiger partial charge on any atom is -0.756 e. The molecule has 0 aliphatic rings. The van der Waals surface area contributed by atoms with Gasteiger partial charge < -0.3 is 27.9 Å². The van der Waals surface area contributed by atoms with Gasteiger partial charge in [0.25, 0.3) is 7.82 Å². The first-order valence-electron chi connectivity index (χ1n) is 24.3. The number of rotatable bonds is 44. The lowest BCUT2D eigenvalue weighted by Gasteiger charge is -2.28. The van der Waals surface area contributed by atoms with Crippen LogP contribution in [-0.4, -0.2) is 70.0 Å². The molecule has 0 aromatic carbocycles. The molecule has 0 saturated carbocycles. The van der Waals surface area contributed by atoms with E-state index < -0.39 is 32.5 Å². The van der Waals surface area contributed by atoms with Crippen LogP contribution in [0.3, 0.4) is 0 Å². The number of phosphoric acid groups is 1. The molecule has 2 atom stereocenters. The fraction of sp³-hybridized carbons (Fsp3) is 0.800. The molecule has 0 aliphatic heterocycles. The molecule has 0 rings (SSSR count). The fourth-order valence-electron chi connectivity index (χ4n) is 6.48. The molecule has 0 heterocycles. The van der Waals surface area contributed by atoms with Crippen molar-refractivity contribution >= 4 is 19.8 Å².